The molecular formula is C20H30O15. The normalized spacial score (nSPS) is 12.1. The lowest BCUT2D eigenvalue weighted by Gasteiger charge is -2.23. The lowest BCUT2D eigenvalue weighted by molar-refractivity contribution is -0.177. The first-order chi connectivity index (χ1) is 16.1. The van der Waals surface area contributed by atoms with E-state index in [0.717, 1.165) is 6.92 Å². The van der Waals surface area contributed by atoms with Crippen LogP contribution in [0.2, 0.25) is 0 Å². The Balaban J connectivity index is 0. The average Bonchev–Trinajstić information content (AvgIpc) is 2.67. The highest BCUT2D eigenvalue weighted by molar-refractivity contribution is 5.92. The largest absolute Gasteiger partial charge is 0.481 e. The van der Waals surface area contributed by atoms with Crippen LogP contribution in [0, 0.1) is 0 Å². The van der Waals surface area contributed by atoms with Crippen molar-refractivity contribution >= 4 is 41.8 Å². The molecule has 15 nitrogen and oxygen atoms in total. The van der Waals surface area contributed by atoms with E-state index in [1.165, 1.54) is 0 Å². The molecule has 0 amide bonds. The molecule has 200 valence electrons. The highest BCUT2D eigenvalue weighted by Crippen LogP contribution is 2.20. The van der Waals surface area contributed by atoms with Gasteiger partial charge in [-0.05, 0) is 20.8 Å². The smallest absolute Gasteiger partial charge is 0.339 e. The van der Waals surface area contributed by atoms with Crippen LogP contribution in [0.1, 0.15) is 53.4 Å². The van der Waals surface area contributed by atoms with Gasteiger partial charge in [0, 0.05) is 6.92 Å². The number of carbonyl (C=O) groups is 7. The van der Waals surface area contributed by atoms with Crippen molar-refractivity contribution in [2.75, 3.05) is 19.8 Å². The molecule has 0 bridgehead atoms. The van der Waals surface area contributed by atoms with Crippen molar-refractivity contribution in [3.8, 4) is 0 Å². The highest BCUT2D eigenvalue weighted by atomic mass is 16.6. The highest BCUT2D eigenvalue weighted by Gasteiger charge is 2.43. The topological polar surface area (TPSA) is 237 Å². The van der Waals surface area contributed by atoms with Crippen molar-refractivity contribution in [3.63, 3.8) is 0 Å². The van der Waals surface area contributed by atoms with Gasteiger partial charge in [0.05, 0.1) is 45.5 Å². The van der Waals surface area contributed by atoms with E-state index in [1.54, 1.807) is 20.8 Å². The number of esters is 5. The molecule has 15 heteroatoms. The second-order valence-electron chi connectivity index (χ2n) is 6.77. The summed E-state index contributed by atoms with van der Waals surface area (Å²) in [4.78, 5) is 76.5. The number of hydrogen-bond acceptors (Lipinski definition) is 13. The summed E-state index contributed by atoms with van der Waals surface area (Å²) in [5.74, 6) is -8.39. The molecule has 0 aliphatic rings. The van der Waals surface area contributed by atoms with E-state index < -0.39 is 78.7 Å². The van der Waals surface area contributed by atoms with Crippen molar-refractivity contribution in [1.82, 2.24) is 0 Å². The van der Waals surface area contributed by atoms with Gasteiger partial charge >= 0.3 is 41.8 Å². The van der Waals surface area contributed by atoms with E-state index in [1.807, 2.05) is 0 Å². The van der Waals surface area contributed by atoms with Gasteiger partial charge in [-0.3, -0.25) is 24.0 Å². The number of ether oxygens (including phenoxy) is 4. The molecule has 0 aliphatic carbocycles. The Bertz CT molecular complexity index is 767. The first-order valence-electron chi connectivity index (χ1n) is 10.2. The molecule has 0 aromatic heterocycles. The standard InChI is InChI=1S/C12H20O7.C8H10O8/c1-4-17-9(13)7-12(16,11(15)19-6-3)8-10(14)18-5-2;1-4(9)16-6(12)3-8(15,7(13)14)2-5(10)11/h16H,4-8H2,1-3H3;15H,2-3H2,1H3,(H,10,11)(H,13,14). The van der Waals surface area contributed by atoms with Crippen LogP contribution in [-0.2, 0) is 52.5 Å². The molecule has 1 atom stereocenters. The number of aliphatic hydroxyl groups is 2. The third kappa shape index (κ3) is 14.3. The maximum atomic E-state index is 11.7. The van der Waals surface area contributed by atoms with Crippen LogP contribution in [0.3, 0.4) is 0 Å². The van der Waals surface area contributed by atoms with Gasteiger partial charge in [-0.1, -0.05) is 0 Å². The van der Waals surface area contributed by atoms with Crippen LogP contribution in [0.15, 0.2) is 0 Å². The first-order valence-corrected chi connectivity index (χ1v) is 10.2. The van der Waals surface area contributed by atoms with E-state index in [0.29, 0.717) is 0 Å². The average molecular weight is 510 g/mol. The second kappa shape index (κ2) is 16.1. The van der Waals surface area contributed by atoms with Gasteiger partial charge < -0.3 is 39.4 Å². The molecule has 0 saturated carbocycles. The molecule has 35 heavy (non-hydrogen) atoms. The van der Waals surface area contributed by atoms with E-state index in [9.17, 15) is 43.8 Å². The Labute approximate surface area is 199 Å². The molecule has 0 aromatic rings. The predicted molar refractivity (Wildman–Crippen MR) is 110 cm³/mol. The lowest BCUT2D eigenvalue weighted by atomic mass is 9.95. The van der Waals surface area contributed by atoms with Crippen LogP contribution in [0.4, 0.5) is 0 Å². The third-order valence-corrected chi connectivity index (χ3v) is 3.68. The van der Waals surface area contributed by atoms with Crippen LogP contribution in [0.5, 0.6) is 0 Å². The van der Waals surface area contributed by atoms with E-state index in [4.69, 9.17) is 10.2 Å². The fraction of sp³-hybridized carbons (Fsp3) is 0.650. The van der Waals surface area contributed by atoms with Gasteiger partial charge in [0.15, 0.2) is 11.2 Å². The Morgan fingerprint density at radius 2 is 1.03 bits per heavy atom. The number of rotatable bonds is 13. The molecule has 0 heterocycles. The quantitative estimate of drug-likeness (QED) is 0.131. The fourth-order valence-electron chi connectivity index (χ4n) is 2.27. The van der Waals surface area contributed by atoms with Gasteiger partial charge in [0.25, 0.3) is 0 Å². The van der Waals surface area contributed by atoms with Crippen LogP contribution >= 0.6 is 0 Å². The number of hydrogen-bond donors (Lipinski definition) is 4. The molecular weight excluding hydrogens is 480 g/mol. The summed E-state index contributed by atoms with van der Waals surface area (Å²) in [6.45, 7) is 5.88. The van der Waals surface area contributed by atoms with Crippen molar-refractivity contribution < 1.29 is 72.9 Å². The SMILES string of the molecule is CC(=O)OC(=O)CC(O)(CC(=O)O)C(=O)O.CCOC(=O)CC(O)(CC(=O)OCC)C(=O)OCC. The number of carboxylic acids is 2. The number of aliphatic carboxylic acids is 2. The molecule has 0 aliphatic heterocycles. The molecule has 0 rings (SSSR count). The Kier molecular flexibility index (Phi) is 15.5. The maximum Gasteiger partial charge on any atom is 0.339 e. The van der Waals surface area contributed by atoms with Crippen LogP contribution in [-0.4, -0.2) is 93.2 Å². The molecule has 0 radical (unpaired) electrons. The minimum atomic E-state index is -2.78. The lowest BCUT2D eigenvalue weighted by Crippen LogP contribution is -2.44. The van der Waals surface area contributed by atoms with E-state index in [-0.39, 0.29) is 19.8 Å². The maximum absolute atomic E-state index is 11.7. The van der Waals surface area contributed by atoms with E-state index >= 15 is 0 Å². The summed E-state index contributed by atoms with van der Waals surface area (Å²) in [7, 11) is 0. The number of carbonyl (C=O) groups excluding carboxylic acids is 5. The summed E-state index contributed by atoms with van der Waals surface area (Å²) in [5.41, 5.74) is -5.03. The summed E-state index contributed by atoms with van der Waals surface area (Å²) in [5, 5.41) is 36.4. The Morgan fingerprint density at radius 1 is 0.629 bits per heavy atom. The van der Waals surface area contributed by atoms with Crippen LogP contribution in [0.25, 0.3) is 0 Å². The molecule has 1 unspecified atom stereocenters. The minimum Gasteiger partial charge on any atom is -0.481 e. The van der Waals surface area contributed by atoms with Crippen molar-refractivity contribution in [1.29, 1.82) is 0 Å². The summed E-state index contributed by atoms with van der Waals surface area (Å²) in [6, 6.07) is 0. The Hall–Kier alpha value is -3.59. The summed E-state index contributed by atoms with van der Waals surface area (Å²) >= 11 is 0. The second-order valence-corrected chi connectivity index (χ2v) is 6.77. The molecule has 4 N–H and O–H groups in total. The zero-order valence-electron chi connectivity index (χ0n) is 19.7. The zero-order chi connectivity index (χ0) is 27.8. The van der Waals surface area contributed by atoms with Gasteiger partial charge in [-0.25, -0.2) is 9.59 Å². The van der Waals surface area contributed by atoms with Crippen molar-refractivity contribution in [2.45, 2.75) is 64.6 Å². The van der Waals surface area contributed by atoms with Crippen molar-refractivity contribution in [2.24, 2.45) is 0 Å². The Morgan fingerprint density at radius 3 is 1.34 bits per heavy atom. The number of carboxylic acid groups (broad SMARTS) is 2. The summed E-state index contributed by atoms with van der Waals surface area (Å²) < 4.78 is 17.9. The summed E-state index contributed by atoms with van der Waals surface area (Å²) in [6.07, 6.45) is -3.60. The van der Waals surface area contributed by atoms with Crippen molar-refractivity contribution in [3.05, 3.63) is 0 Å². The molecule has 0 fully saturated rings. The minimum absolute atomic E-state index is 0.0206. The van der Waals surface area contributed by atoms with Gasteiger partial charge in [-0.15, -0.1) is 0 Å². The molecule has 0 saturated heterocycles. The monoisotopic (exact) mass is 510 g/mol. The molecule has 0 spiro atoms. The zero-order valence-corrected chi connectivity index (χ0v) is 19.7. The van der Waals surface area contributed by atoms with Crippen LogP contribution < -0.4 is 0 Å². The van der Waals surface area contributed by atoms with Gasteiger partial charge in [0.2, 0.25) is 0 Å². The predicted octanol–water partition coefficient (Wildman–Crippen LogP) is -1.06. The molecule has 0 aromatic carbocycles. The first kappa shape index (κ1) is 33.6. The van der Waals surface area contributed by atoms with E-state index in [2.05, 4.69) is 18.9 Å². The van der Waals surface area contributed by atoms with Gasteiger partial charge in [0.1, 0.15) is 0 Å². The fourth-order valence-corrected chi connectivity index (χ4v) is 2.27. The third-order valence-electron chi connectivity index (χ3n) is 3.68. The van der Waals surface area contributed by atoms with Gasteiger partial charge in [-0.2, -0.15) is 0 Å².